The Morgan fingerprint density at radius 3 is 0.320 bits per heavy atom. The van der Waals surface area contributed by atoms with E-state index in [4.69, 9.17) is 84.3 Å². The van der Waals surface area contributed by atoms with Crippen LogP contribution in [0.3, 0.4) is 0 Å². The van der Waals surface area contributed by atoms with Crippen molar-refractivity contribution in [1.82, 2.24) is 0 Å². The molecule has 0 atom stereocenters. The number of hydrogen-bond acceptors (Lipinski definition) is 6. The third-order valence-corrected chi connectivity index (χ3v) is 0. The summed E-state index contributed by atoms with van der Waals surface area (Å²) in [5.41, 5.74) is 0. The van der Waals surface area contributed by atoms with Gasteiger partial charge in [0, 0.05) is 0 Å². The van der Waals surface area contributed by atoms with Crippen molar-refractivity contribution in [3.05, 3.63) is 0 Å². The van der Waals surface area contributed by atoms with E-state index in [0.717, 1.165) is 0 Å². The second kappa shape index (κ2) is 38.2. The van der Waals surface area contributed by atoms with Crippen molar-refractivity contribution < 1.29 is 87.2 Å². The molecule has 0 rings (SSSR count). The average molecular weight is 495 g/mol. The first-order chi connectivity index (χ1) is 10.4. The Kier molecular flexibility index (Phi) is 66.7. The Balaban J connectivity index is -0.0000000201. The first-order valence-electron chi connectivity index (χ1n) is 3.91. The molecule has 0 aromatic rings. The van der Waals surface area contributed by atoms with Gasteiger partial charge >= 0.3 is 78.1 Å². The minimum Gasteiger partial charge on any atom is -1.00 e. The first kappa shape index (κ1) is 43.7. The van der Waals surface area contributed by atoms with Gasteiger partial charge in [-0.25, -0.2) is 0 Å². The van der Waals surface area contributed by atoms with Crippen LogP contribution in [0, 0.1) is 0 Å². The molecule has 148 valence electrons. The summed E-state index contributed by atoms with van der Waals surface area (Å²) in [6.45, 7) is 0. The van der Waals surface area contributed by atoms with Gasteiger partial charge < -0.3 is 60.4 Å². The average Bonchev–Trinajstić information content (AvgIpc) is 2.08. The van der Waals surface area contributed by atoms with Gasteiger partial charge in [0.15, 0.2) is 0 Å². The summed E-state index contributed by atoms with van der Waals surface area (Å²) in [4.78, 5) is 85.9. The van der Waals surface area contributed by atoms with Crippen LogP contribution in [0.1, 0.15) is 2.85 Å². The predicted octanol–water partition coefficient (Wildman–Crippen LogP) is -9.84. The van der Waals surface area contributed by atoms with Crippen LogP contribution in [0.2, 0.25) is 0 Å². The van der Waals surface area contributed by atoms with E-state index in [1.807, 2.05) is 0 Å². The van der Waals surface area contributed by atoms with E-state index in [2.05, 4.69) is 0 Å². The first-order valence-corrected chi connectivity index (χ1v) is 11.7. The molecule has 12 N–H and O–H groups in total. The van der Waals surface area contributed by atoms with Gasteiger partial charge in [-0.15, -0.1) is 0 Å². The fraction of sp³-hybridized carbons (Fsp3) is 0. The van der Waals surface area contributed by atoms with E-state index in [1.54, 1.807) is 0 Å². The van der Waals surface area contributed by atoms with Crippen molar-refractivity contribution in [2.75, 3.05) is 0 Å². The Morgan fingerprint density at radius 2 is 0.320 bits per heavy atom. The maximum absolute atomic E-state index is 8.74. The van der Waals surface area contributed by atoms with E-state index >= 15 is 0 Å². The van der Waals surface area contributed by atoms with Gasteiger partial charge in [-0.2, -0.15) is 0 Å². The quantitative estimate of drug-likeness (QED) is 0.139. The van der Waals surface area contributed by atoms with Crippen molar-refractivity contribution in [2.24, 2.45) is 0 Å². The second-order valence-electron chi connectivity index (χ2n) is 1.70. The molecule has 0 aliphatic carbocycles. The number of hydrogen-bond donors (Lipinski definition) is 12. The van der Waals surface area contributed by atoms with Crippen LogP contribution in [0.25, 0.3) is 0 Å². The minimum absolute atomic E-state index is 0. The van der Waals surface area contributed by atoms with Crippen LogP contribution in [0.4, 0.5) is 0 Å². The van der Waals surface area contributed by atoms with Crippen molar-refractivity contribution in [2.45, 2.75) is 0 Å². The van der Waals surface area contributed by atoms with Gasteiger partial charge in [0.25, 0.3) is 0 Å². The molecule has 0 heterocycles. The zero-order valence-corrected chi connectivity index (χ0v) is 18.9. The van der Waals surface area contributed by atoms with Crippen LogP contribution in [0.5, 0.6) is 0 Å². The molecule has 0 amide bonds. The topological polar surface area (TPSA) is 345 Å². The van der Waals surface area contributed by atoms with E-state index in [-0.39, 0.29) is 25.9 Å². The molecule has 0 aromatic heterocycles. The normalized spacial score (nSPS) is 5.76. The van der Waals surface area contributed by atoms with E-state index in [9.17, 15) is 0 Å². The van der Waals surface area contributed by atoms with Crippen LogP contribution < -0.4 is 0 Å². The van der Waals surface area contributed by atoms with E-state index in [1.165, 1.54) is 0 Å². The molecule has 0 saturated carbocycles. The molecular weight excluding hydrogens is 481 g/mol. The zero-order chi connectivity index (χ0) is 21.5. The largest absolute Gasteiger partial charge is 2.00 e. The molecule has 0 fully saturated rings. The summed E-state index contributed by atoms with van der Waals surface area (Å²) >= 11 is 0. The Bertz CT molecular complexity index is 267. The fourth-order valence-electron chi connectivity index (χ4n) is 0. The van der Waals surface area contributed by atoms with E-state index in [0.29, 0.717) is 0 Å². The molecule has 0 unspecified atom stereocenters. The van der Waals surface area contributed by atoms with Crippen molar-refractivity contribution in [3.63, 3.8) is 0 Å². The van der Waals surface area contributed by atoms with Gasteiger partial charge in [-0.3, -0.25) is 26.8 Å². The molecule has 0 bridgehead atoms. The molecule has 0 aromatic carbocycles. The Morgan fingerprint density at radius 1 is 0.320 bits per heavy atom. The fourth-order valence-corrected chi connectivity index (χ4v) is 0. The monoisotopic (exact) mass is 494 g/mol. The molecule has 18 nitrogen and oxygen atoms in total. The van der Waals surface area contributed by atoms with E-state index < -0.39 is 55.0 Å². The molecule has 0 spiro atoms. The summed E-state index contributed by atoms with van der Waals surface area (Å²) in [7, 11) is -18.8. The number of rotatable bonds is 0. The molecular formula is H14MgO18Si6. The summed E-state index contributed by atoms with van der Waals surface area (Å²) in [6, 6.07) is 0. The molecule has 25 heteroatoms. The van der Waals surface area contributed by atoms with Gasteiger partial charge in [0.05, 0.1) is 0 Å². The maximum Gasteiger partial charge on any atom is 2.00 e. The SMILES string of the molecule is O=[Si](O)O.O=[Si](O)O.O=[Si](O)O.O=[Si](O)O.O=[Si](O)O.O=[Si](O)O.[H-].[H-].[Mg+2]. The Hall–Kier alpha value is -1.53. The molecule has 25 heavy (non-hydrogen) atoms. The van der Waals surface area contributed by atoms with Gasteiger partial charge in [-0.05, 0) is 0 Å². The summed E-state index contributed by atoms with van der Waals surface area (Å²) in [5.74, 6) is 0. The van der Waals surface area contributed by atoms with Crippen molar-refractivity contribution in [1.29, 1.82) is 0 Å². The molecule has 0 aliphatic rings. The molecule has 0 radical (unpaired) electrons. The third-order valence-electron chi connectivity index (χ3n) is 0. The standard InChI is InChI=1S/Mg.6H2O3Si.2H/c;6*1-4(2)3;;/h;6*1-2H;;/q+2;;;;;;;2*-1. The molecule has 0 saturated heterocycles. The smallest absolute Gasteiger partial charge is 1.00 e. The second-order valence-corrected chi connectivity index (χ2v) is 5.09. The minimum atomic E-state index is -3.13. The predicted molar refractivity (Wildman–Crippen MR) is 73.2 cm³/mol. The van der Waals surface area contributed by atoms with Crippen LogP contribution in [0.15, 0.2) is 0 Å². The summed E-state index contributed by atoms with van der Waals surface area (Å²) in [6.07, 6.45) is 0. The van der Waals surface area contributed by atoms with Crippen LogP contribution in [-0.4, -0.2) is 136 Å². The van der Waals surface area contributed by atoms with Crippen LogP contribution in [-0.2, 0) is 26.8 Å². The zero-order valence-electron chi connectivity index (χ0n) is 13.5. The van der Waals surface area contributed by atoms with Crippen molar-refractivity contribution in [3.8, 4) is 0 Å². The Labute approximate surface area is 165 Å². The van der Waals surface area contributed by atoms with Gasteiger partial charge in [-0.1, -0.05) is 0 Å². The summed E-state index contributed by atoms with van der Waals surface area (Å²) in [5, 5.41) is 0. The third kappa shape index (κ3) is 4010. The maximum atomic E-state index is 8.74. The summed E-state index contributed by atoms with van der Waals surface area (Å²) < 4.78 is 52.4. The van der Waals surface area contributed by atoms with Crippen molar-refractivity contribution >= 4 is 78.1 Å². The molecule has 0 aliphatic heterocycles. The van der Waals surface area contributed by atoms with Gasteiger partial charge in [0.1, 0.15) is 0 Å². The van der Waals surface area contributed by atoms with Crippen LogP contribution >= 0.6 is 0 Å². The van der Waals surface area contributed by atoms with Gasteiger partial charge in [0.2, 0.25) is 0 Å².